The van der Waals surface area contributed by atoms with Crippen LogP contribution >= 0.6 is 0 Å². The van der Waals surface area contributed by atoms with Crippen LogP contribution in [0.5, 0.6) is 0 Å². The molecule has 0 heterocycles. The van der Waals surface area contributed by atoms with Crippen LogP contribution in [0.15, 0.2) is 0 Å². The van der Waals surface area contributed by atoms with Gasteiger partial charge in [-0.2, -0.15) is 0 Å². The third-order valence-electron chi connectivity index (χ3n) is 0. The Morgan fingerprint density at radius 2 is 1.17 bits per heavy atom. The maximum atomic E-state index is 8.56. The Labute approximate surface area is 121 Å². The van der Waals surface area contributed by atoms with Crippen LogP contribution in [0.3, 0.4) is 0 Å². The van der Waals surface area contributed by atoms with Crippen molar-refractivity contribution >= 4 is 6.08 Å². The normalized spacial score (nSPS) is 4.00. The predicted octanol–water partition coefficient (Wildman–Crippen LogP) is -8.35. The van der Waals surface area contributed by atoms with Gasteiger partial charge in [0, 0.05) is 0 Å². The Hall–Kier alpha value is 2.54. The van der Waals surface area contributed by atoms with E-state index < -0.39 is 6.08 Å². The Morgan fingerprint density at radius 3 is 1.17 bits per heavy atom. The molecule has 0 bridgehead atoms. The van der Waals surface area contributed by atoms with Gasteiger partial charge in [0.25, 0.3) is 0 Å². The number of hydrogen-bond acceptors (Lipinski definition) is 3. The summed E-state index contributed by atoms with van der Waals surface area (Å²) in [5.41, 5.74) is 0. The fourth-order valence-corrected chi connectivity index (χ4v) is 0. The summed E-state index contributed by atoms with van der Waals surface area (Å²) >= 11 is 0. The molecule has 0 aromatic carbocycles. The first-order valence-electron chi connectivity index (χ1n) is 0.658. The van der Waals surface area contributed by atoms with E-state index in [4.69, 9.17) is 15.6 Å². The quantitative estimate of drug-likeness (QED) is 0.205. The molecule has 0 saturated carbocycles. The molecule has 0 rings (SSSR count). The molecule has 3 nitrogen and oxygen atoms in total. The number of hydrogen-bond donors (Lipinski definition) is 1. The third kappa shape index (κ3) is 31.1. The van der Waals surface area contributed by atoms with Crippen molar-refractivity contribution in [3.63, 3.8) is 0 Å². The van der Waals surface area contributed by atoms with Crippen LogP contribution in [-0.2, 0) is 0 Å². The van der Waals surface area contributed by atoms with E-state index >= 15 is 0 Å². The second-order valence-electron chi connectivity index (χ2n) is 0.287. The molecule has 0 unspecified atom stereocenters. The molecule has 0 aliphatic heterocycles. The van der Waals surface area contributed by atoms with Crippen LogP contribution < -0.4 is 113 Å². The van der Waals surface area contributed by atoms with Crippen LogP contribution in [0.4, 0.5) is 0 Å². The summed E-state index contributed by atoms with van der Waals surface area (Å²) < 4.78 is 0. The van der Waals surface area contributed by atoms with Gasteiger partial charge >= 0.3 is 103 Å². The van der Waals surface area contributed by atoms with Gasteiger partial charge in [-0.05, 0) is 0 Å². The standard InChI is InChI=1S/CH3NO2.2K/c2-1(3)4;;/h(H3,2,3,4);;/q;2*+1/p-2. The molecule has 24 valence electrons. The topological polar surface area (TPSA) is 70.0 Å². The maximum Gasteiger partial charge on any atom is 1.00 e. The molecule has 5 heteroatoms. The summed E-state index contributed by atoms with van der Waals surface area (Å²) in [5, 5.41) is 22.5. The van der Waals surface area contributed by atoms with Gasteiger partial charge in [0.05, 0.1) is 0 Å². The Kier molecular flexibility index (Phi) is 27.7. The van der Waals surface area contributed by atoms with Gasteiger partial charge in [-0.15, -0.1) is 6.08 Å². The number of rotatable bonds is 0. The molecule has 1 N–H and O–H groups in total. The fourth-order valence-electron chi connectivity index (χ4n) is 0. The molecule has 0 fully saturated rings. The molecule has 0 spiro atoms. The zero-order valence-corrected chi connectivity index (χ0v) is 10.1. The van der Waals surface area contributed by atoms with Crippen molar-refractivity contribution in [2.45, 2.75) is 0 Å². The second kappa shape index (κ2) is 10.5. The summed E-state index contributed by atoms with van der Waals surface area (Å²) in [6.07, 6.45) is -1.83. The smallest absolute Gasteiger partial charge is 0.871 e. The van der Waals surface area contributed by atoms with E-state index in [1.54, 1.807) is 0 Å². The zero-order chi connectivity index (χ0) is 3.58. The Bertz CT molecular complexity index is 34.5. The van der Waals surface area contributed by atoms with Gasteiger partial charge in [-0.1, -0.05) is 0 Å². The van der Waals surface area contributed by atoms with E-state index in [9.17, 15) is 0 Å². The predicted molar refractivity (Wildman–Crippen MR) is 7.73 cm³/mol. The van der Waals surface area contributed by atoms with E-state index in [2.05, 4.69) is 0 Å². The largest absolute Gasteiger partial charge is 1.00 e. The summed E-state index contributed by atoms with van der Waals surface area (Å²) in [7, 11) is 0. The van der Waals surface area contributed by atoms with Gasteiger partial charge in [0.2, 0.25) is 0 Å². The fraction of sp³-hybridized carbons (Fsp3) is 0. The minimum atomic E-state index is -1.83. The summed E-state index contributed by atoms with van der Waals surface area (Å²) in [6, 6.07) is 0. The van der Waals surface area contributed by atoms with E-state index in [-0.39, 0.29) is 103 Å². The SMILES string of the molecule is N=C([O-])[O-].[K+].[K+]. The van der Waals surface area contributed by atoms with E-state index in [0.29, 0.717) is 0 Å². The Morgan fingerprint density at radius 1 is 1.17 bits per heavy atom. The van der Waals surface area contributed by atoms with Crippen molar-refractivity contribution < 1.29 is 113 Å². The van der Waals surface area contributed by atoms with Crippen molar-refractivity contribution in [1.82, 2.24) is 0 Å². The average molecular weight is 137 g/mol. The van der Waals surface area contributed by atoms with Crippen molar-refractivity contribution in [1.29, 1.82) is 5.41 Å². The van der Waals surface area contributed by atoms with Gasteiger partial charge < -0.3 is 15.6 Å². The number of nitrogens with one attached hydrogen (secondary N) is 1. The van der Waals surface area contributed by atoms with Crippen molar-refractivity contribution in [2.24, 2.45) is 0 Å². The molecule has 0 aromatic rings. The molecular weight excluding hydrogens is 136 g/mol. The van der Waals surface area contributed by atoms with E-state index in [0.717, 1.165) is 0 Å². The first kappa shape index (κ1) is 15.8. The van der Waals surface area contributed by atoms with Gasteiger partial charge in [0.15, 0.2) is 0 Å². The third-order valence-corrected chi connectivity index (χ3v) is 0. The molecule has 0 saturated heterocycles. The van der Waals surface area contributed by atoms with Crippen LogP contribution in [0, 0.1) is 5.41 Å². The summed E-state index contributed by atoms with van der Waals surface area (Å²) in [5.74, 6) is 0. The molecule has 0 aromatic heterocycles. The summed E-state index contributed by atoms with van der Waals surface area (Å²) in [6.45, 7) is 0. The van der Waals surface area contributed by atoms with Crippen molar-refractivity contribution in [3.8, 4) is 0 Å². The van der Waals surface area contributed by atoms with Gasteiger partial charge in [0.1, 0.15) is 0 Å². The molecular formula is CHK2NO2. The molecule has 6 heavy (non-hydrogen) atoms. The molecule has 0 amide bonds. The van der Waals surface area contributed by atoms with E-state index in [1.807, 2.05) is 0 Å². The molecule has 0 atom stereocenters. The van der Waals surface area contributed by atoms with Crippen molar-refractivity contribution in [3.05, 3.63) is 0 Å². The van der Waals surface area contributed by atoms with Crippen LogP contribution in [-0.4, -0.2) is 6.08 Å². The molecule has 0 radical (unpaired) electrons. The zero-order valence-electron chi connectivity index (χ0n) is 3.82. The van der Waals surface area contributed by atoms with Crippen LogP contribution in [0.25, 0.3) is 0 Å². The van der Waals surface area contributed by atoms with Gasteiger partial charge in [-0.3, -0.25) is 0 Å². The molecule has 0 aliphatic carbocycles. The Balaban J connectivity index is -0.0000000450. The second-order valence-corrected chi connectivity index (χ2v) is 0.287. The molecule has 0 aliphatic rings. The average Bonchev–Trinajstić information content (AvgIpc) is 0.811. The van der Waals surface area contributed by atoms with E-state index in [1.165, 1.54) is 0 Å². The minimum absolute atomic E-state index is 0. The van der Waals surface area contributed by atoms with Crippen LogP contribution in [0.1, 0.15) is 0 Å². The first-order chi connectivity index (χ1) is 1.73. The first-order valence-corrected chi connectivity index (χ1v) is 0.658. The minimum Gasteiger partial charge on any atom is -0.871 e. The van der Waals surface area contributed by atoms with Gasteiger partial charge in [-0.25, -0.2) is 0 Å². The van der Waals surface area contributed by atoms with Crippen LogP contribution in [0.2, 0.25) is 0 Å². The van der Waals surface area contributed by atoms with Crippen molar-refractivity contribution in [2.75, 3.05) is 0 Å². The maximum absolute atomic E-state index is 8.56. The monoisotopic (exact) mass is 137 g/mol. The summed E-state index contributed by atoms with van der Waals surface area (Å²) in [4.78, 5) is 0.